The summed E-state index contributed by atoms with van der Waals surface area (Å²) in [6, 6.07) is 7.24. The van der Waals surface area contributed by atoms with E-state index in [9.17, 15) is 4.79 Å². The molecular formula is C19H23ClN4O. The van der Waals surface area contributed by atoms with Crippen LogP contribution in [0.4, 0.5) is 11.5 Å². The molecule has 0 aliphatic carbocycles. The molecule has 2 heterocycles. The maximum absolute atomic E-state index is 12.7. The molecule has 3 rings (SSSR count). The summed E-state index contributed by atoms with van der Waals surface area (Å²) in [7, 11) is 0. The second-order valence-electron chi connectivity index (χ2n) is 6.43. The lowest BCUT2D eigenvalue weighted by atomic mass is 10.2. The van der Waals surface area contributed by atoms with Crippen LogP contribution in [-0.4, -0.2) is 29.0 Å². The normalized spacial score (nSPS) is 14.9. The number of hydrogen-bond donors (Lipinski definition) is 1. The third-order valence-electron chi connectivity index (χ3n) is 4.50. The van der Waals surface area contributed by atoms with Crippen LogP contribution in [0.25, 0.3) is 0 Å². The van der Waals surface area contributed by atoms with Crippen molar-refractivity contribution in [2.24, 2.45) is 0 Å². The molecule has 0 atom stereocenters. The second kappa shape index (κ2) is 7.83. The van der Waals surface area contributed by atoms with Gasteiger partial charge in [-0.3, -0.25) is 4.79 Å². The van der Waals surface area contributed by atoms with Gasteiger partial charge in [0.1, 0.15) is 17.3 Å². The minimum atomic E-state index is -0.244. The van der Waals surface area contributed by atoms with Crippen LogP contribution < -0.4 is 10.2 Å². The Morgan fingerprint density at radius 3 is 2.56 bits per heavy atom. The fraction of sp³-hybridized carbons (Fsp3) is 0.421. The van der Waals surface area contributed by atoms with Crippen molar-refractivity contribution in [1.82, 2.24) is 9.97 Å². The quantitative estimate of drug-likeness (QED) is 0.884. The highest BCUT2D eigenvalue weighted by Crippen LogP contribution is 2.24. The van der Waals surface area contributed by atoms with Gasteiger partial charge in [0.25, 0.3) is 5.91 Å². The summed E-state index contributed by atoms with van der Waals surface area (Å²) in [6.07, 6.45) is 4.82. The zero-order valence-corrected chi connectivity index (χ0v) is 15.4. The van der Waals surface area contributed by atoms with E-state index in [0.29, 0.717) is 22.2 Å². The number of amides is 1. The first-order chi connectivity index (χ1) is 12.0. The Labute approximate surface area is 153 Å². The van der Waals surface area contributed by atoms with Gasteiger partial charge in [0, 0.05) is 29.9 Å². The van der Waals surface area contributed by atoms with Gasteiger partial charge in [-0.2, -0.15) is 0 Å². The van der Waals surface area contributed by atoms with Crippen molar-refractivity contribution in [3.8, 4) is 0 Å². The molecule has 2 aromatic rings. The van der Waals surface area contributed by atoms with Crippen molar-refractivity contribution >= 4 is 29.0 Å². The molecule has 6 heteroatoms. The molecule has 1 saturated heterocycles. The highest BCUT2D eigenvalue weighted by molar-refractivity contribution is 6.31. The van der Waals surface area contributed by atoms with Gasteiger partial charge in [-0.15, -0.1) is 0 Å². The number of hydrogen-bond acceptors (Lipinski definition) is 4. The van der Waals surface area contributed by atoms with Gasteiger partial charge in [-0.25, -0.2) is 9.97 Å². The van der Waals surface area contributed by atoms with Crippen LogP contribution in [-0.2, 0) is 0 Å². The van der Waals surface area contributed by atoms with Gasteiger partial charge >= 0.3 is 0 Å². The first kappa shape index (κ1) is 17.7. The number of rotatable bonds is 3. The first-order valence-corrected chi connectivity index (χ1v) is 9.09. The molecule has 1 aromatic heterocycles. The van der Waals surface area contributed by atoms with Crippen LogP contribution in [0.1, 0.15) is 47.6 Å². The summed E-state index contributed by atoms with van der Waals surface area (Å²) in [5.41, 5.74) is 1.92. The monoisotopic (exact) mass is 358 g/mol. The number of nitrogens with one attached hydrogen (secondary N) is 1. The van der Waals surface area contributed by atoms with Crippen LogP contribution >= 0.6 is 11.6 Å². The van der Waals surface area contributed by atoms with Gasteiger partial charge < -0.3 is 10.2 Å². The Morgan fingerprint density at radius 2 is 1.84 bits per heavy atom. The van der Waals surface area contributed by atoms with Crippen molar-refractivity contribution in [2.45, 2.75) is 39.5 Å². The number of halogens is 1. The fourth-order valence-electron chi connectivity index (χ4n) is 3.06. The van der Waals surface area contributed by atoms with Crippen molar-refractivity contribution < 1.29 is 4.79 Å². The molecule has 1 N–H and O–H groups in total. The summed E-state index contributed by atoms with van der Waals surface area (Å²) >= 11 is 6.13. The smallest absolute Gasteiger partial charge is 0.274 e. The van der Waals surface area contributed by atoms with Gasteiger partial charge in [-0.05, 0) is 44.4 Å². The number of anilines is 2. The van der Waals surface area contributed by atoms with Crippen LogP contribution in [0.15, 0.2) is 24.3 Å². The minimum absolute atomic E-state index is 0.244. The van der Waals surface area contributed by atoms with E-state index in [2.05, 4.69) is 20.2 Å². The third kappa shape index (κ3) is 4.28. The lowest BCUT2D eigenvalue weighted by Crippen LogP contribution is -2.26. The van der Waals surface area contributed by atoms with E-state index in [1.807, 2.05) is 26.0 Å². The molecule has 1 aliphatic heterocycles. The highest BCUT2D eigenvalue weighted by atomic mass is 35.5. The Bertz CT molecular complexity index is 770. The Kier molecular flexibility index (Phi) is 5.53. The van der Waals surface area contributed by atoms with Crippen LogP contribution in [0, 0.1) is 13.8 Å². The van der Waals surface area contributed by atoms with Crippen LogP contribution in [0.3, 0.4) is 0 Å². The zero-order chi connectivity index (χ0) is 17.8. The summed E-state index contributed by atoms with van der Waals surface area (Å²) in [5, 5.41) is 3.53. The molecule has 132 valence electrons. The van der Waals surface area contributed by atoms with E-state index in [1.165, 1.54) is 12.8 Å². The lowest BCUT2D eigenvalue weighted by Gasteiger charge is -2.22. The van der Waals surface area contributed by atoms with E-state index >= 15 is 0 Å². The molecular weight excluding hydrogens is 336 g/mol. The van der Waals surface area contributed by atoms with Crippen LogP contribution in [0.5, 0.6) is 0 Å². The molecule has 5 nitrogen and oxygen atoms in total. The average molecular weight is 359 g/mol. The summed E-state index contributed by atoms with van der Waals surface area (Å²) < 4.78 is 0. The molecule has 1 aliphatic rings. The van der Waals surface area contributed by atoms with Gasteiger partial charge in [0.15, 0.2) is 0 Å². The van der Waals surface area contributed by atoms with E-state index in [-0.39, 0.29) is 5.91 Å². The molecule has 1 aromatic carbocycles. The second-order valence-corrected chi connectivity index (χ2v) is 6.83. The maximum atomic E-state index is 12.7. The summed E-state index contributed by atoms with van der Waals surface area (Å²) in [4.78, 5) is 23.8. The molecule has 0 bridgehead atoms. The molecule has 0 saturated carbocycles. The first-order valence-electron chi connectivity index (χ1n) is 8.71. The highest BCUT2D eigenvalue weighted by Gasteiger charge is 2.17. The SMILES string of the molecule is Cc1nc(C(=O)Nc2cccc(Cl)c2C)cc(N2CCCCCC2)n1. The van der Waals surface area contributed by atoms with E-state index < -0.39 is 0 Å². The molecule has 0 spiro atoms. The Morgan fingerprint density at radius 1 is 1.12 bits per heavy atom. The predicted molar refractivity (Wildman–Crippen MR) is 102 cm³/mol. The van der Waals surface area contributed by atoms with Crippen LogP contribution in [0.2, 0.25) is 5.02 Å². The molecule has 1 fully saturated rings. The number of carbonyl (C=O) groups excluding carboxylic acids is 1. The van der Waals surface area contributed by atoms with Crippen molar-refractivity contribution in [2.75, 3.05) is 23.3 Å². The van der Waals surface area contributed by atoms with Gasteiger partial charge in [-0.1, -0.05) is 30.5 Å². The largest absolute Gasteiger partial charge is 0.356 e. The van der Waals surface area contributed by atoms with Gasteiger partial charge in [0.05, 0.1) is 0 Å². The summed E-state index contributed by atoms with van der Waals surface area (Å²) in [5.74, 6) is 1.20. The minimum Gasteiger partial charge on any atom is -0.356 e. The number of aryl methyl sites for hydroxylation is 1. The van der Waals surface area contributed by atoms with E-state index in [4.69, 9.17) is 11.6 Å². The zero-order valence-electron chi connectivity index (χ0n) is 14.7. The molecule has 0 unspecified atom stereocenters. The Hall–Kier alpha value is -2.14. The molecule has 25 heavy (non-hydrogen) atoms. The van der Waals surface area contributed by atoms with Gasteiger partial charge in [0.2, 0.25) is 0 Å². The lowest BCUT2D eigenvalue weighted by molar-refractivity contribution is 0.102. The topological polar surface area (TPSA) is 58.1 Å². The third-order valence-corrected chi connectivity index (χ3v) is 4.91. The fourth-order valence-corrected chi connectivity index (χ4v) is 3.23. The number of nitrogens with zero attached hydrogens (tertiary/aromatic N) is 3. The average Bonchev–Trinajstić information content (AvgIpc) is 2.88. The van der Waals surface area contributed by atoms with Crippen molar-refractivity contribution in [3.63, 3.8) is 0 Å². The molecule has 1 amide bonds. The number of benzene rings is 1. The van der Waals surface area contributed by atoms with Crippen molar-refractivity contribution in [3.05, 3.63) is 46.4 Å². The standard InChI is InChI=1S/C19H23ClN4O/c1-13-15(20)8-7-9-16(13)23-19(25)17-12-18(22-14(2)21-17)24-10-5-3-4-6-11-24/h7-9,12H,3-6,10-11H2,1-2H3,(H,23,25). The number of aromatic nitrogens is 2. The van der Waals surface area contributed by atoms with E-state index in [1.54, 1.807) is 12.1 Å². The number of carbonyl (C=O) groups is 1. The Balaban J connectivity index is 1.83. The predicted octanol–water partition coefficient (Wildman–Crippen LogP) is 4.38. The summed E-state index contributed by atoms with van der Waals surface area (Å²) in [6.45, 7) is 5.66. The van der Waals surface area contributed by atoms with E-state index in [0.717, 1.165) is 37.3 Å². The molecule has 0 radical (unpaired) electrons. The van der Waals surface area contributed by atoms with Crippen molar-refractivity contribution in [1.29, 1.82) is 0 Å². The maximum Gasteiger partial charge on any atom is 0.274 e.